The standard InChI is InChI=1S/C18H9BrCl2N4O2S/c19-13-6-12(25(26)27)2-4-16(13)23-8-11(7-22)18-24-17(9-28-18)10-1-3-14(20)15(21)5-10/h1-6,8-9,23H/b11-8+. The molecule has 0 atom stereocenters. The summed E-state index contributed by atoms with van der Waals surface area (Å²) in [5, 5.41) is 26.5. The minimum absolute atomic E-state index is 0.0342. The summed E-state index contributed by atoms with van der Waals surface area (Å²) >= 11 is 16.6. The van der Waals surface area contributed by atoms with Crippen molar-refractivity contribution >= 4 is 67.4 Å². The molecule has 0 aliphatic carbocycles. The van der Waals surface area contributed by atoms with Gasteiger partial charge in [0.2, 0.25) is 0 Å². The summed E-state index contributed by atoms with van der Waals surface area (Å²) in [6, 6.07) is 11.6. The summed E-state index contributed by atoms with van der Waals surface area (Å²) in [6.07, 6.45) is 1.50. The first-order valence-corrected chi connectivity index (χ1v) is 10.0. The highest BCUT2D eigenvalue weighted by Crippen LogP contribution is 2.31. The zero-order valence-corrected chi connectivity index (χ0v) is 17.7. The number of thiazole rings is 1. The Labute approximate surface area is 182 Å². The minimum Gasteiger partial charge on any atom is -0.359 e. The maximum absolute atomic E-state index is 10.8. The second-order valence-electron chi connectivity index (χ2n) is 5.40. The predicted octanol–water partition coefficient (Wildman–Crippen LogP) is 6.76. The van der Waals surface area contributed by atoms with Gasteiger partial charge in [-0.25, -0.2) is 4.98 Å². The van der Waals surface area contributed by atoms with E-state index >= 15 is 0 Å². The summed E-state index contributed by atoms with van der Waals surface area (Å²) in [6.45, 7) is 0. The third-order valence-electron chi connectivity index (χ3n) is 3.61. The van der Waals surface area contributed by atoms with Crippen molar-refractivity contribution in [2.45, 2.75) is 0 Å². The van der Waals surface area contributed by atoms with Gasteiger partial charge in [0.25, 0.3) is 5.69 Å². The fraction of sp³-hybridized carbons (Fsp3) is 0. The van der Waals surface area contributed by atoms with E-state index in [2.05, 4.69) is 32.3 Å². The van der Waals surface area contributed by atoms with E-state index in [1.807, 2.05) is 5.38 Å². The molecular formula is C18H9BrCl2N4O2S. The molecule has 1 N–H and O–H groups in total. The van der Waals surface area contributed by atoms with Crippen molar-refractivity contribution in [3.63, 3.8) is 0 Å². The lowest BCUT2D eigenvalue weighted by atomic mass is 10.2. The van der Waals surface area contributed by atoms with Gasteiger partial charge in [-0.15, -0.1) is 11.3 Å². The molecule has 0 unspecified atom stereocenters. The molecule has 0 radical (unpaired) electrons. The van der Waals surface area contributed by atoms with Gasteiger partial charge in [-0.3, -0.25) is 10.1 Å². The number of nitro groups is 1. The van der Waals surface area contributed by atoms with Crippen LogP contribution >= 0.6 is 50.5 Å². The molecule has 6 nitrogen and oxygen atoms in total. The van der Waals surface area contributed by atoms with Crippen molar-refractivity contribution in [3.8, 4) is 17.3 Å². The monoisotopic (exact) mass is 494 g/mol. The quantitative estimate of drug-likeness (QED) is 0.239. The lowest BCUT2D eigenvalue weighted by molar-refractivity contribution is -0.384. The molecule has 0 aliphatic heterocycles. The molecule has 1 heterocycles. The highest BCUT2D eigenvalue weighted by molar-refractivity contribution is 9.10. The molecule has 0 saturated carbocycles. The Morgan fingerprint density at radius 1 is 1.29 bits per heavy atom. The number of aromatic nitrogens is 1. The lowest BCUT2D eigenvalue weighted by Crippen LogP contribution is -1.94. The molecular weight excluding hydrogens is 487 g/mol. The molecule has 3 aromatic rings. The van der Waals surface area contributed by atoms with Gasteiger partial charge in [0.05, 0.1) is 26.3 Å². The summed E-state index contributed by atoms with van der Waals surface area (Å²) < 4.78 is 0.505. The Balaban J connectivity index is 1.84. The van der Waals surface area contributed by atoms with Crippen molar-refractivity contribution in [1.29, 1.82) is 5.26 Å². The number of halogens is 3. The number of allylic oxidation sites excluding steroid dienone is 1. The number of nitriles is 1. The summed E-state index contributed by atoms with van der Waals surface area (Å²) in [4.78, 5) is 14.8. The normalized spacial score (nSPS) is 11.1. The third-order valence-corrected chi connectivity index (χ3v) is 5.88. The van der Waals surface area contributed by atoms with E-state index in [1.165, 1.54) is 29.7 Å². The molecule has 0 saturated heterocycles. The molecule has 1 aromatic heterocycles. The van der Waals surface area contributed by atoms with Crippen LogP contribution in [0.4, 0.5) is 11.4 Å². The maximum atomic E-state index is 10.8. The molecule has 0 fully saturated rings. The Hall–Kier alpha value is -2.44. The smallest absolute Gasteiger partial charge is 0.270 e. The van der Waals surface area contributed by atoms with Gasteiger partial charge in [0.1, 0.15) is 16.6 Å². The molecule has 3 rings (SSSR count). The second kappa shape index (κ2) is 8.71. The van der Waals surface area contributed by atoms with Crippen molar-refractivity contribution in [2.24, 2.45) is 0 Å². The number of nitrogens with one attached hydrogen (secondary N) is 1. The Bertz CT molecular complexity index is 1140. The summed E-state index contributed by atoms with van der Waals surface area (Å²) in [5.74, 6) is 0. The number of hydrogen-bond donors (Lipinski definition) is 1. The topological polar surface area (TPSA) is 91.8 Å². The number of nitro benzene ring substituents is 1. The van der Waals surface area contributed by atoms with Crippen LogP contribution in [0.5, 0.6) is 0 Å². The van der Waals surface area contributed by atoms with Crippen LogP contribution in [0.3, 0.4) is 0 Å². The third kappa shape index (κ3) is 4.51. The van der Waals surface area contributed by atoms with Crippen molar-refractivity contribution in [1.82, 2.24) is 4.98 Å². The van der Waals surface area contributed by atoms with E-state index in [4.69, 9.17) is 23.2 Å². The first-order valence-electron chi connectivity index (χ1n) is 7.61. The van der Waals surface area contributed by atoms with Gasteiger partial charge in [-0.2, -0.15) is 5.26 Å². The predicted molar refractivity (Wildman–Crippen MR) is 116 cm³/mol. The molecule has 0 aliphatic rings. The molecule has 2 aromatic carbocycles. The van der Waals surface area contributed by atoms with Crippen LogP contribution in [-0.2, 0) is 0 Å². The zero-order valence-electron chi connectivity index (χ0n) is 13.8. The zero-order chi connectivity index (χ0) is 20.3. The van der Waals surface area contributed by atoms with Crippen molar-refractivity contribution in [2.75, 3.05) is 5.32 Å². The largest absolute Gasteiger partial charge is 0.359 e. The summed E-state index contributed by atoms with van der Waals surface area (Å²) in [5.41, 5.74) is 2.34. The molecule has 140 valence electrons. The Morgan fingerprint density at radius 3 is 2.71 bits per heavy atom. The number of non-ortho nitro benzene ring substituents is 1. The van der Waals surface area contributed by atoms with E-state index in [0.29, 0.717) is 36.5 Å². The minimum atomic E-state index is -0.481. The van der Waals surface area contributed by atoms with Crippen LogP contribution in [-0.4, -0.2) is 9.91 Å². The summed E-state index contributed by atoms with van der Waals surface area (Å²) in [7, 11) is 0. The first-order chi connectivity index (χ1) is 13.4. The van der Waals surface area contributed by atoms with E-state index < -0.39 is 4.92 Å². The van der Waals surface area contributed by atoms with Crippen LogP contribution in [0, 0.1) is 21.4 Å². The van der Waals surface area contributed by atoms with E-state index in [0.717, 1.165) is 5.56 Å². The fourth-order valence-corrected chi connectivity index (χ4v) is 3.79. The molecule has 28 heavy (non-hydrogen) atoms. The highest BCUT2D eigenvalue weighted by atomic mass is 79.9. The molecule has 0 amide bonds. The van der Waals surface area contributed by atoms with Gasteiger partial charge in [-0.05, 0) is 34.1 Å². The van der Waals surface area contributed by atoms with Crippen LogP contribution in [0.2, 0.25) is 10.0 Å². The SMILES string of the molecule is N#C/C(=C\Nc1ccc([N+](=O)[O-])cc1Br)c1nc(-c2ccc(Cl)c(Cl)c2)cs1. The van der Waals surface area contributed by atoms with Gasteiger partial charge >= 0.3 is 0 Å². The highest BCUT2D eigenvalue weighted by Gasteiger charge is 2.12. The molecule has 10 heteroatoms. The number of rotatable bonds is 5. The lowest BCUT2D eigenvalue weighted by Gasteiger charge is -2.04. The Kier molecular flexibility index (Phi) is 6.31. The number of anilines is 1. The number of hydrogen-bond acceptors (Lipinski definition) is 6. The van der Waals surface area contributed by atoms with E-state index in [1.54, 1.807) is 24.3 Å². The van der Waals surface area contributed by atoms with E-state index in [-0.39, 0.29) is 5.69 Å². The van der Waals surface area contributed by atoms with Gasteiger partial charge < -0.3 is 5.32 Å². The fourth-order valence-electron chi connectivity index (χ4n) is 2.21. The van der Waals surface area contributed by atoms with Gasteiger partial charge in [0.15, 0.2) is 0 Å². The van der Waals surface area contributed by atoms with Crippen molar-refractivity contribution < 1.29 is 4.92 Å². The first kappa shape index (κ1) is 20.3. The van der Waals surface area contributed by atoms with Gasteiger partial charge in [-0.1, -0.05) is 29.3 Å². The average molecular weight is 496 g/mol. The van der Waals surface area contributed by atoms with Crippen LogP contribution < -0.4 is 5.32 Å². The van der Waals surface area contributed by atoms with Crippen LogP contribution in [0.25, 0.3) is 16.8 Å². The van der Waals surface area contributed by atoms with Crippen molar-refractivity contribution in [3.05, 3.63) is 77.6 Å². The average Bonchev–Trinajstić information content (AvgIpc) is 3.15. The second-order valence-corrected chi connectivity index (χ2v) is 7.93. The molecule has 0 bridgehead atoms. The number of nitrogens with zero attached hydrogens (tertiary/aromatic N) is 3. The van der Waals surface area contributed by atoms with Gasteiger partial charge in [0, 0.05) is 33.7 Å². The van der Waals surface area contributed by atoms with Crippen LogP contribution in [0.1, 0.15) is 5.01 Å². The Morgan fingerprint density at radius 2 is 2.07 bits per heavy atom. The number of benzene rings is 2. The van der Waals surface area contributed by atoms with E-state index in [9.17, 15) is 15.4 Å². The molecule has 0 spiro atoms. The maximum Gasteiger partial charge on any atom is 0.270 e. The van der Waals surface area contributed by atoms with Crippen LogP contribution in [0.15, 0.2) is 52.5 Å².